The van der Waals surface area contributed by atoms with E-state index in [2.05, 4.69) is 6.92 Å². The van der Waals surface area contributed by atoms with E-state index >= 15 is 0 Å². The highest BCUT2D eigenvalue weighted by Gasteiger charge is 2.42. The van der Waals surface area contributed by atoms with Crippen LogP contribution in [-0.2, 0) is 14.3 Å². The highest BCUT2D eigenvalue weighted by atomic mass is 35.5. The molecule has 0 radical (unpaired) electrons. The average molecular weight is 589 g/mol. The van der Waals surface area contributed by atoms with Gasteiger partial charge in [-0.25, -0.2) is 0 Å². The Kier molecular flexibility index (Phi) is 10.2. The summed E-state index contributed by atoms with van der Waals surface area (Å²) in [4.78, 5) is 31.1. The Bertz CT molecular complexity index is 1230. The summed E-state index contributed by atoms with van der Waals surface area (Å²) in [5.41, 5.74) is 0.713. The molecule has 41 heavy (non-hydrogen) atoms. The second kappa shape index (κ2) is 13.4. The van der Waals surface area contributed by atoms with Crippen LogP contribution in [0.25, 0.3) is 0 Å². The lowest BCUT2D eigenvalue weighted by atomic mass is 9.91. The number of likely N-dealkylation sites (tertiary alicyclic amines) is 1. The number of hydrogen-bond donors (Lipinski definition) is 2. The van der Waals surface area contributed by atoms with E-state index in [1.54, 1.807) is 44.4 Å². The van der Waals surface area contributed by atoms with E-state index in [1.807, 2.05) is 11.0 Å². The number of nitrogens with zero attached hydrogens (tertiary/aromatic N) is 2. The maximum absolute atomic E-state index is 14.3. The van der Waals surface area contributed by atoms with Gasteiger partial charge in [0.05, 0.1) is 33.9 Å². The van der Waals surface area contributed by atoms with Gasteiger partial charge in [0.25, 0.3) is 5.91 Å². The number of fused-ring (bicyclic) bond motifs is 1. The van der Waals surface area contributed by atoms with Crippen molar-refractivity contribution in [2.24, 2.45) is 11.3 Å². The molecule has 0 aliphatic carbocycles. The van der Waals surface area contributed by atoms with E-state index < -0.39 is 23.5 Å². The Labute approximate surface area is 246 Å². The average Bonchev–Trinajstić information content (AvgIpc) is 3.10. The van der Waals surface area contributed by atoms with Crippen molar-refractivity contribution in [1.29, 1.82) is 0 Å². The Balaban J connectivity index is 1.81. The molecule has 2 atom stereocenters. The van der Waals surface area contributed by atoms with Gasteiger partial charge in [0, 0.05) is 46.9 Å². The number of amides is 2. The summed E-state index contributed by atoms with van der Waals surface area (Å²) in [7, 11) is 3.07. The van der Waals surface area contributed by atoms with Crippen LogP contribution in [0.4, 0.5) is 5.69 Å². The van der Waals surface area contributed by atoms with Gasteiger partial charge >= 0.3 is 0 Å². The van der Waals surface area contributed by atoms with Crippen LogP contribution in [0.3, 0.4) is 0 Å². The van der Waals surface area contributed by atoms with Crippen molar-refractivity contribution in [1.82, 2.24) is 4.90 Å². The number of carbonyl (C=O) groups is 2. The molecule has 0 bridgehead atoms. The summed E-state index contributed by atoms with van der Waals surface area (Å²) in [6.07, 6.45) is 0.840. The molecule has 2 N–H and O–H groups in total. The van der Waals surface area contributed by atoms with Crippen LogP contribution < -0.4 is 14.4 Å². The number of rotatable bonds is 10. The minimum Gasteiger partial charge on any atom is -0.493 e. The third kappa shape index (κ3) is 6.64. The quantitative estimate of drug-likeness (QED) is 0.428. The lowest BCUT2D eigenvalue weighted by molar-refractivity contribution is -0.144. The SMILES string of the molecule is CCC1CCN(C(=O)C[C@H]2O[C@H](c3cccc(OC)c3OC)c3cc(Cl)ccc3N(CC(C)(CO)CO)C2=O)CC1. The van der Waals surface area contributed by atoms with Gasteiger partial charge in [0.1, 0.15) is 12.2 Å². The summed E-state index contributed by atoms with van der Waals surface area (Å²) in [6, 6.07) is 10.5. The van der Waals surface area contributed by atoms with Crippen LogP contribution in [0.5, 0.6) is 11.5 Å². The number of methoxy groups -OCH3 is 2. The molecular weight excluding hydrogens is 548 g/mol. The van der Waals surface area contributed by atoms with Crippen LogP contribution in [0.1, 0.15) is 56.8 Å². The molecule has 2 amide bonds. The standard InChI is InChI=1S/C31H41ClN2O7/c1-5-20-11-13-33(14-12-20)27(37)16-26-30(38)34(17-31(2,18-35)19-36)24-10-9-21(32)15-23(24)28(41-26)22-7-6-8-25(39-3)29(22)40-4/h6-10,15,20,26,28,35-36H,5,11-14,16-19H2,1-4H3/t26-,28-/m1/s1. The molecule has 0 unspecified atom stereocenters. The number of piperidine rings is 1. The third-order valence-corrected chi connectivity index (χ3v) is 8.56. The maximum atomic E-state index is 14.3. The molecule has 0 saturated carbocycles. The maximum Gasteiger partial charge on any atom is 0.256 e. The van der Waals surface area contributed by atoms with Crippen molar-refractivity contribution in [3.63, 3.8) is 0 Å². The second-order valence-electron chi connectivity index (χ2n) is 11.3. The van der Waals surface area contributed by atoms with E-state index in [-0.39, 0.29) is 32.1 Å². The van der Waals surface area contributed by atoms with Gasteiger partial charge in [-0.3, -0.25) is 9.59 Å². The molecule has 9 nitrogen and oxygen atoms in total. The summed E-state index contributed by atoms with van der Waals surface area (Å²) in [5, 5.41) is 20.6. The summed E-state index contributed by atoms with van der Waals surface area (Å²) in [6.45, 7) is 4.47. The van der Waals surface area contributed by atoms with E-state index in [0.29, 0.717) is 52.3 Å². The van der Waals surface area contributed by atoms with Gasteiger partial charge in [-0.1, -0.05) is 44.0 Å². The zero-order valence-corrected chi connectivity index (χ0v) is 25.0. The van der Waals surface area contributed by atoms with Crippen molar-refractivity contribution < 1.29 is 34.0 Å². The molecule has 10 heteroatoms. The number of hydrogen-bond acceptors (Lipinski definition) is 7. The summed E-state index contributed by atoms with van der Waals surface area (Å²) < 4.78 is 17.9. The molecule has 0 spiro atoms. The van der Waals surface area contributed by atoms with Crippen LogP contribution in [0, 0.1) is 11.3 Å². The Morgan fingerprint density at radius 2 is 1.80 bits per heavy atom. The van der Waals surface area contributed by atoms with Gasteiger partial charge in [-0.15, -0.1) is 0 Å². The molecule has 1 saturated heterocycles. The van der Waals surface area contributed by atoms with Crippen molar-refractivity contribution in [3.8, 4) is 11.5 Å². The monoisotopic (exact) mass is 588 g/mol. The first-order chi connectivity index (χ1) is 19.7. The fourth-order valence-corrected chi connectivity index (χ4v) is 5.82. The normalized spacial score (nSPS) is 20.0. The largest absolute Gasteiger partial charge is 0.493 e. The Morgan fingerprint density at radius 1 is 1.10 bits per heavy atom. The number of aliphatic hydroxyl groups is 2. The van der Waals surface area contributed by atoms with Gasteiger partial charge < -0.3 is 34.2 Å². The lowest BCUT2D eigenvalue weighted by Gasteiger charge is -2.35. The van der Waals surface area contributed by atoms with E-state index in [0.717, 1.165) is 19.3 Å². The Hall–Kier alpha value is -2.85. The minimum atomic E-state index is -1.14. The van der Waals surface area contributed by atoms with E-state index in [1.165, 1.54) is 12.0 Å². The first-order valence-electron chi connectivity index (χ1n) is 14.1. The minimum absolute atomic E-state index is 0.00533. The topological polar surface area (TPSA) is 109 Å². The van der Waals surface area contributed by atoms with Gasteiger partial charge in [-0.2, -0.15) is 0 Å². The molecule has 2 aromatic rings. The van der Waals surface area contributed by atoms with Crippen molar-refractivity contribution in [2.45, 2.75) is 51.7 Å². The zero-order chi connectivity index (χ0) is 29.7. The van der Waals surface area contributed by atoms with Crippen LogP contribution in [-0.4, -0.2) is 80.1 Å². The van der Waals surface area contributed by atoms with Crippen molar-refractivity contribution >= 4 is 29.1 Å². The third-order valence-electron chi connectivity index (χ3n) is 8.33. The molecule has 2 aromatic carbocycles. The van der Waals surface area contributed by atoms with Gasteiger partial charge in [-0.05, 0) is 43.0 Å². The number of halogens is 1. The fraction of sp³-hybridized carbons (Fsp3) is 0.548. The number of anilines is 1. The highest BCUT2D eigenvalue weighted by Crippen LogP contribution is 2.45. The number of aliphatic hydroxyl groups excluding tert-OH is 2. The predicted molar refractivity (Wildman–Crippen MR) is 157 cm³/mol. The molecule has 1 fully saturated rings. The number of carbonyl (C=O) groups excluding carboxylic acids is 2. The molecule has 2 aliphatic rings. The predicted octanol–water partition coefficient (Wildman–Crippen LogP) is 4.21. The van der Waals surface area contributed by atoms with Gasteiger partial charge in [0.15, 0.2) is 11.5 Å². The van der Waals surface area contributed by atoms with E-state index in [9.17, 15) is 19.8 Å². The summed E-state index contributed by atoms with van der Waals surface area (Å²) >= 11 is 6.48. The molecule has 224 valence electrons. The fourth-order valence-electron chi connectivity index (χ4n) is 5.64. The Morgan fingerprint density at radius 3 is 2.41 bits per heavy atom. The number of ether oxygens (including phenoxy) is 3. The number of para-hydroxylation sites is 1. The molecule has 4 rings (SSSR count). The van der Waals surface area contributed by atoms with Crippen LogP contribution in [0.15, 0.2) is 36.4 Å². The van der Waals surface area contributed by atoms with Gasteiger partial charge in [0.2, 0.25) is 5.91 Å². The first-order valence-corrected chi connectivity index (χ1v) is 14.5. The van der Waals surface area contributed by atoms with Crippen LogP contribution in [0.2, 0.25) is 5.02 Å². The highest BCUT2D eigenvalue weighted by molar-refractivity contribution is 6.30. The molecule has 0 aromatic heterocycles. The van der Waals surface area contributed by atoms with Crippen molar-refractivity contribution in [2.75, 3.05) is 52.0 Å². The van der Waals surface area contributed by atoms with Crippen molar-refractivity contribution in [3.05, 3.63) is 52.5 Å². The second-order valence-corrected chi connectivity index (χ2v) is 11.7. The van der Waals surface area contributed by atoms with Crippen LogP contribution >= 0.6 is 11.6 Å². The smallest absolute Gasteiger partial charge is 0.256 e. The lowest BCUT2D eigenvalue weighted by Crippen LogP contribution is -2.49. The molecular formula is C31H41ClN2O7. The summed E-state index contributed by atoms with van der Waals surface area (Å²) in [5.74, 6) is 0.954. The van der Waals surface area contributed by atoms with E-state index in [4.69, 9.17) is 25.8 Å². The number of benzene rings is 2. The molecule has 2 heterocycles. The first kappa shape index (κ1) is 31.1. The molecule has 2 aliphatic heterocycles. The zero-order valence-electron chi connectivity index (χ0n) is 24.3.